The number of nitrogens with one attached hydrogen (secondary N) is 1. The number of carbonyl (C=O) groups excluding carboxylic acids is 1. The molecule has 0 radical (unpaired) electrons. The topological polar surface area (TPSA) is 38.3 Å². The van der Waals surface area contributed by atoms with Crippen molar-refractivity contribution >= 4 is 5.97 Å². The van der Waals surface area contributed by atoms with Gasteiger partial charge in [-0.25, -0.2) is 4.79 Å². The second kappa shape index (κ2) is 5.08. The van der Waals surface area contributed by atoms with Gasteiger partial charge in [0.15, 0.2) is 0 Å². The van der Waals surface area contributed by atoms with E-state index in [1.165, 1.54) is 0 Å². The predicted octanol–water partition coefficient (Wildman–Crippen LogP) is 0.940. The van der Waals surface area contributed by atoms with E-state index in [-0.39, 0.29) is 6.54 Å². The first kappa shape index (κ1) is 11.9. The number of alkyl halides is 2. The summed E-state index contributed by atoms with van der Waals surface area (Å²) >= 11 is 0. The summed E-state index contributed by atoms with van der Waals surface area (Å²) in [6, 6.07) is 0. The summed E-state index contributed by atoms with van der Waals surface area (Å²) in [5, 5.41) is 2.91. The number of rotatable bonds is 5. The average Bonchev–Trinajstić information content (AvgIpc) is 2.40. The Balaban J connectivity index is 2.15. The molecule has 0 bridgehead atoms. The molecule has 15 heavy (non-hydrogen) atoms. The Bertz CT molecular complexity index is 273. The molecule has 0 aromatic carbocycles. The summed E-state index contributed by atoms with van der Waals surface area (Å²) in [7, 11) is 0. The van der Waals surface area contributed by atoms with Crippen molar-refractivity contribution in [2.75, 3.05) is 13.1 Å². The first-order valence-electron chi connectivity index (χ1n) is 4.79. The highest BCUT2D eigenvalue weighted by molar-refractivity contribution is 5.79. The van der Waals surface area contributed by atoms with Crippen LogP contribution in [0.3, 0.4) is 0 Å². The number of ether oxygens (including phenoxy) is 1. The van der Waals surface area contributed by atoms with E-state index < -0.39 is 24.4 Å². The Morgan fingerprint density at radius 2 is 2.40 bits per heavy atom. The van der Waals surface area contributed by atoms with Crippen LogP contribution in [-0.2, 0) is 9.53 Å². The van der Waals surface area contributed by atoms with Gasteiger partial charge in [-0.2, -0.15) is 8.78 Å². The first-order chi connectivity index (χ1) is 7.06. The van der Waals surface area contributed by atoms with Crippen molar-refractivity contribution in [1.82, 2.24) is 5.32 Å². The van der Waals surface area contributed by atoms with E-state index in [4.69, 9.17) is 6.42 Å². The number of cyclic esters (lactones) is 1. The summed E-state index contributed by atoms with van der Waals surface area (Å²) in [6.07, 6.45) is 5.21. The number of esters is 1. The van der Waals surface area contributed by atoms with Gasteiger partial charge >= 0.3 is 11.9 Å². The monoisotopic (exact) mass is 217 g/mol. The molecule has 1 atom stereocenters. The Morgan fingerprint density at radius 3 is 2.93 bits per heavy atom. The molecule has 0 aromatic rings. The molecule has 0 aliphatic carbocycles. The van der Waals surface area contributed by atoms with E-state index in [9.17, 15) is 13.6 Å². The standard InChI is InChI=1S/C10H13F2NO2/c1-2-3-4-5-13-7-8-6-10(11,12)9(14)15-8/h1,8,13H,3-7H2. The minimum atomic E-state index is -3.31. The maximum atomic E-state index is 12.7. The molecule has 1 aliphatic heterocycles. The highest BCUT2D eigenvalue weighted by atomic mass is 19.3. The van der Waals surface area contributed by atoms with Crippen LogP contribution in [0.1, 0.15) is 19.3 Å². The van der Waals surface area contributed by atoms with Crippen molar-refractivity contribution in [3.8, 4) is 12.3 Å². The predicted molar refractivity (Wildman–Crippen MR) is 50.4 cm³/mol. The van der Waals surface area contributed by atoms with Crippen LogP contribution >= 0.6 is 0 Å². The Kier molecular flexibility index (Phi) is 4.04. The molecule has 5 heteroatoms. The number of carbonyl (C=O) groups is 1. The van der Waals surface area contributed by atoms with Crippen LogP contribution < -0.4 is 5.32 Å². The maximum Gasteiger partial charge on any atom is 0.377 e. The SMILES string of the molecule is C#CCCCNCC1CC(F)(F)C(=O)O1. The zero-order valence-electron chi connectivity index (χ0n) is 8.26. The molecule has 1 heterocycles. The van der Waals surface area contributed by atoms with Gasteiger partial charge in [0.2, 0.25) is 0 Å². The van der Waals surface area contributed by atoms with Crippen molar-refractivity contribution in [2.45, 2.75) is 31.3 Å². The molecule has 1 saturated heterocycles. The minimum Gasteiger partial charge on any atom is -0.456 e. The van der Waals surface area contributed by atoms with Crippen LogP contribution in [0.4, 0.5) is 8.78 Å². The molecule has 84 valence electrons. The van der Waals surface area contributed by atoms with E-state index in [1.54, 1.807) is 0 Å². The summed E-state index contributed by atoms with van der Waals surface area (Å²) in [5.74, 6) is -2.26. The molecule has 3 nitrogen and oxygen atoms in total. The van der Waals surface area contributed by atoms with Gasteiger partial charge in [0.1, 0.15) is 6.10 Å². The quantitative estimate of drug-likeness (QED) is 0.423. The van der Waals surface area contributed by atoms with Gasteiger partial charge in [0.25, 0.3) is 0 Å². The molecule has 0 amide bonds. The van der Waals surface area contributed by atoms with E-state index in [2.05, 4.69) is 16.0 Å². The van der Waals surface area contributed by atoms with E-state index in [0.29, 0.717) is 13.0 Å². The van der Waals surface area contributed by atoms with Gasteiger partial charge < -0.3 is 10.1 Å². The Labute approximate surface area is 87.2 Å². The summed E-state index contributed by atoms with van der Waals surface area (Å²) in [6.45, 7) is 0.899. The fraction of sp³-hybridized carbons (Fsp3) is 0.700. The Morgan fingerprint density at radius 1 is 1.67 bits per heavy atom. The number of halogens is 2. The second-order valence-electron chi connectivity index (χ2n) is 3.45. The molecule has 1 aliphatic rings. The molecule has 0 aromatic heterocycles. The molecule has 1 unspecified atom stereocenters. The lowest BCUT2D eigenvalue weighted by molar-refractivity contribution is -0.158. The van der Waals surface area contributed by atoms with Gasteiger partial charge in [-0.05, 0) is 13.0 Å². The number of hydrogen-bond acceptors (Lipinski definition) is 3. The smallest absolute Gasteiger partial charge is 0.377 e. The van der Waals surface area contributed by atoms with E-state index in [1.807, 2.05) is 0 Å². The van der Waals surface area contributed by atoms with E-state index >= 15 is 0 Å². The molecule has 0 saturated carbocycles. The zero-order valence-corrected chi connectivity index (χ0v) is 8.26. The molecule has 1 rings (SSSR count). The second-order valence-corrected chi connectivity index (χ2v) is 3.45. The highest BCUT2D eigenvalue weighted by Gasteiger charge is 2.50. The molecule has 1 N–H and O–H groups in total. The highest BCUT2D eigenvalue weighted by Crippen LogP contribution is 2.30. The lowest BCUT2D eigenvalue weighted by Crippen LogP contribution is -2.27. The molecular formula is C10H13F2NO2. The zero-order chi connectivity index (χ0) is 11.3. The first-order valence-corrected chi connectivity index (χ1v) is 4.79. The molecule has 1 fully saturated rings. The fourth-order valence-electron chi connectivity index (χ4n) is 1.34. The van der Waals surface area contributed by atoms with Crippen molar-refractivity contribution in [3.63, 3.8) is 0 Å². The van der Waals surface area contributed by atoms with Crippen LogP contribution in [-0.4, -0.2) is 31.1 Å². The number of unbranched alkanes of at least 4 members (excludes halogenated alkanes) is 1. The van der Waals surface area contributed by atoms with Gasteiger partial charge in [-0.3, -0.25) is 0 Å². The number of hydrogen-bond donors (Lipinski definition) is 1. The Hall–Kier alpha value is -1.15. The van der Waals surface area contributed by atoms with Gasteiger partial charge in [-0.15, -0.1) is 12.3 Å². The van der Waals surface area contributed by atoms with Crippen molar-refractivity contribution in [2.24, 2.45) is 0 Å². The summed E-state index contributed by atoms with van der Waals surface area (Å²) < 4.78 is 29.9. The summed E-state index contributed by atoms with van der Waals surface area (Å²) in [4.78, 5) is 10.6. The third kappa shape index (κ3) is 3.48. The largest absolute Gasteiger partial charge is 0.456 e. The fourth-order valence-corrected chi connectivity index (χ4v) is 1.34. The van der Waals surface area contributed by atoms with E-state index in [0.717, 1.165) is 6.42 Å². The van der Waals surface area contributed by atoms with Crippen LogP contribution in [0, 0.1) is 12.3 Å². The van der Waals surface area contributed by atoms with Crippen LogP contribution in [0.25, 0.3) is 0 Å². The average molecular weight is 217 g/mol. The number of terminal acetylenes is 1. The van der Waals surface area contributed by atoms with Crippen molar-refractivity contribution < 1.29 is 18.3 Å². The van der Waals surface area contributed by atoms with Gasteiger partial charge in [0.05, 0.1) is 6.42 Å². The van der Waals surface area contributed by atoms with Crippen LogP contribution in [0.5, 0.6) is 0 Å². The third-order valence-corrected chi connectivity index (χ3v) is 2.10. The van der Waals surface area contributed by atoms with Gasteiger partial charge in [0, 0.05) is 13.0 Å². The maximum absolute atomic E-state index is 12.7. The van der Waals surface area contributed by atoms with Crippen LogP contribution in [0.15, 0.2) is 0 Å². The van der Waals surface area contributed by atoms with Crippen molar-refractivity contribution in [1.29, 1.82) is 0 Å². The lowest BCUT2D eigenvalue weighted by Gasteiger charge is -2.08. The van der Waals surface area contributed by atoms with Crippen molar-refractivity contribution in [3.05, 3.63) is 0 Å². The van der Waals surface area contributed by atoms with Crippen LogP contribution in [0.2, 0.25) is 0 Å². The minimum absolute atomic E-state index is 0.256. The summed E-state index contributed by atoms with van der Waals surface area (Å²) in [5.41, 5.74) is 0. The third-order valence-electron chi connectivity index (χ3n) is 2.10. The molecule has 0 spiro atoms. The normalized spacial score (nSPS) is 23.5. The lowest BCUT2D eigenvalue weighted by atomic mass is 10.2. The molecular weight excluding hydrogens is 204 g/mol. The van der Waals surface area contributed by atoms with Gasteiger partial charge in [-0.1, -0.05) is 0 Å².